The van der Waals surface area contributed by atoms with Crippen LogP contribution < -0.4 is 5.32 Å². The minimum Gasteiger partial charge on any atom is -0.326 e. The van der Waals surface area contributed by atoms with E-state index in [4.69, 9.17) is 23.2 Å². The molecule has 0 aliphatic heterocycles. The van der Waals surface area contributed by atoms with Gasteiger partial charge in [0.15, 0.2) is 0 Å². The third-order valence-corrected chi connectivity index (χ3v) is 4.58. The number of hydrogen-bond acceptors (Lipinski definition) is 1. The Bertz CT molecular complexity index is 448. The van der Waals surface area contributed by atoms with E-state index >= 15 is 0 Å². The van der Waals surface area contributed by atoms with Gasteiger partial charge in [0.2, 0.25) is 5.91 Å². The maximum absolute atomic E-state index is 11.7. The zero-order valence-electron chi connectivity index (χ0n) is 8.56. The number of alkyl halides is 2. The summed E-state index contributed by atoms with van der Waals surface area (Å²) in [5.41, 5.74) is 1.98. The van der Waals surface area contributed by atoms with E-state index in [2.05, 4.69) is 27.9 Å². The van der Waals surface area contributed by atoms with Gasteiger partial charge in [-0.3, -0.25) is 4.79 Å². The second-order valence-electron chi connectivity index (χ2n) is 3.97. The first-order valence-electron chi connectivity index (χ1n) is 4.85. The summed E-state index contributed by atoms with van der Waals surface area (Å²) < 4.78 is 0.260. The van der Waals surface area contributed by atoms with Crippen LogP contribution in [-0.4, -0.2) is 10.2 Å². The number of hydrogen-bond donors (Lipinski definition) is 1. The van der Waals surface area contributed by atoms with Gasteiger partial charge in [-0.2, -0.15) is 0 Å². The van der Waals surface area contributed by atoms with Crippen molar-refractivity contribution in [1.29, 1.82) is 0 Å². The number of rotatable bonds is 2. The monoisotopic (exact) mass is 369 g/mol. The number of halogens is 3. The molecule has 0 spiro atoms. The Kier molecular flexibility index (Phi) is 3.39. The standard InChI is InChI=1S/C11H10Cl2INO/c1-6-2-3-7(4-9(6)14)15-10(16)8-5-11(8,12)13/h2-4,8H,5H2,1H3,(H,15,16)/t8-/m0/s1. The fourth-order valence-electron chi connectivity index (χ4n) is 1.40. The second kappa shape index (κ2) is 4.35. The summed E-state index contributed by atoms with van der Waals surface area (Å²) in [6.45, 7) is 2.02. The molecule has 1 aliphatic rings. The van der Waals surface area contributed by atoms with Gasteiger partial charge in [-0.15, -0.1) is 23.2 Å². The molecule has 16 heavy (non-hydrogen) atoms. The lowest BCUT2D eigenvalue weighted by molar-refractivity contribution is -0.117. The van der Waals surface area contributed by atoms with Crippen LogP contribution in [-0.2, 0) is 4.79 Å². The molecule has 0 bridgehead atoms. The summed E-state index contributed by atoms with van der Waals surface area (Å²) in [4.78, 5) is 11.7. The van der Waals surface area contributed by atoms with Crippen LogP contribution in [0.4, 0.5) is 5.69 Å². The molecule has 0 radical (unpaired) electrons. The molecule has 1 saturated carbocycles. The van der Waals surface area contributed by atoms with Crippen molar-refractivity contribution in [3.63, 3.8) is 0 Å². The minimum atomic E-state index is -0.859. The molecule has 1 amide bonds. The van der Waals surface area contributed by atoms with Crippen LogP contribution in [0.5, 0.6) is 0 Å². The molecule has 1 N–H and O–H groups in total. The second-order valence-corrected chi connectivity index (χ2v) is 6.68. The van der Waals surface area contributed by atoms with Crippen molar-refractivity contribution in [2.24, 2.45) is 5.92 Å². The van der Waals surface area contributed by atoms with E-state index in [0.717, 1.165) is 9.26 Å². The van der Waals surface area contributed by atoms with E-state index in [1.807, 2.05) is 25.1 Å². The highest BCUT2D eigenvalue weighted by molar-refractivity contribution is 14.1. The maximum atomic E-state index is 11.7. The summed E-state index contributed by atoms with van der Waals surface area (Å²) in [6.07, 6.45) is 0.533. The SMILES string of the molecule is Cc1ccc(NC(=O)[C@@H]2CC2(Cl)Cl)cc1I. The molecule has 1 fully saturated rings. The average molecular weight is 370 g/mol. The van der Waals surface area contributed by atoms with Gasteiger partial charge in [0.25, 0.3) is 0 Å². The van der Waals surface area contributed by atoms with Gasteiger partial charge < -0.3 is 5.32 Å². The van der Waals surface area contributed by atoms with E-state index < -0.39 is 4.33 Å². The highest BCUT2D eigenvalue weighted by Crippen LogP contribution is 2.53. The van der Waals surface area contributed by atoms with E-state index in [9.17, 15) is 4.79 Å². The Morgan fingerprint density at radius 3 is 2.69 bits per heavy atom. The zero-order valence-corrected chi connectivity index (χ0v) is 12.2. The largest absolute Gasteiger partial charge is 0.326 e. The lowest BCUT2D eigenvalue weighted by Crippen LogP contribution is -2.16. The number of carbonyl (C=O) groups is 1. The molecular formula is C11H10Cl2INO. The minimum absolute atomic E-state index is 0.107. The molecule has 5 heteroatoms. The Hall–Kier alpha value is -0.000000000000000111. The quantitative estimate of drug-likeness (QED) is 0.624. The van der Waals surface area contributed by atoms with Gasteiger partial charge in [0.1, 0.15) is 4.33 Å². The van der Waals surface area contributed by atoms with Crippen molar-refractivity contribution in [3.05, 3.63) is 27.3 Å². The van der Waals surface area contributed by atoms with Gasteiger partial charge in [-0.05, 0) is 53.6 Å². The third kappa shape index (κ3) is 2.63. The Morgan fingerprint density at radius 1 is 1.56 bits per heavy atom. The predicted octanol–water partition coefficient (Wildman–Crippen LogP) is 3.73. The van der Waals surface area contributed by atoms with Crippen LogP contribution in [0, 0.1) is 16.4 Å². The number of amides is 1. The van der Waals surface area contributed by atoms with Crippen LogP contribution >= 0.6 is 45.8 Å². The smallest absolute Gasteiger partial charge is 0.230 e. The molecule has 86 valence electrons. The van der Waals surface area contributed by atoms with Crippen molar-refractivity contribution < 1.29 is 4.79 Å². The average Bonchev–Trinajstić information content (AvgIpc) is 2.82. The zero-order chi connectivity index (χ0) is 11.9. The normalized spacial score (nSPS) is 21.6. The van der Waals surface area contributed by atoms with E-state index in [1.54, 1.807) is 0 Å². The first-order valence-corrected chi connectivity index (χ1v) is 6.68. The number of benzene rings is 1. The van der Waals surface area contributed by atoms with Crippen molar-refractivity contribution in [2.45, 2.75) is 17.7 Å². The van der Waals surface area contributed by atoms with Crippen LogP contribution in [0.1, 0.15) is 12.0 Å². The first-order chi connectivity index (χ1) is 7.40. The summed E-state index contributed by atoms with van der Waals surface area (Å²) in [5, 5.41) is 2.81. The molecule has 0 aromatic heterocycles. The number of aryl methyl sites for hydroxylation is 1. The summed E-state index contributed by atoms with van der Waals surface area (Å²) in [5.74, 6) is -0.389. The first kappa shape index (κ1) is 12.5. The Balaban J connectivity index is 2.05. The summed E-state index contributed by atoms with van der Waals surface area (Å²) in [7, 11) is 0. The van der Waals surface area contributed by atoms with Gasteiger partial charge in [-0.1, -0.05) is 6.07 Å². The van der Waals surface area contributed by atoms with Crippen molar-refractivity contribution in [2.75, 3.05) is 5.32 Å². The van der Waals surface area contributed by atoms with Crippen LogP contribution in [0.3, 0.4) is 0 Å². The fraction of sp³-hybridized carbons (Fsp3) is 0.364. The highest BCUT2D eigenvalue weighted by atomic mass is 127. The number of anilines is 1. The lowest BCUT2D eigenvalue weighted by Gasteiger charge is -2.06. The molecular weight excluding hydrogens is 360 g/mol. The molecule has 0 heterocycles. The van der Waals surface area contributed by atoms with E-state index in [1.165, 1.54) is 5.56 Å². The molecule has 1 aromatic carbocycles. The molecule has 0 unspecified atom stereocenters. The van der Waals surface area contributed by atoms with Gasteiger partial charge >= 0.3 is 0 Å². The van der Waals surface area contributed by atoms with Crippen LogP contribution in [0.25, 0.3) is 0 Å². The predicted molar refractivity (Wildman–Crippen MR) is 75.1 cm³/mol. The van der Waals surface area contributed by atoms with Gasteiger partial charge in [-0.25, -0.2) is 0 Å². The molecule has 1 aliphatic carbocycles. The fourth-order valence-corrected chi connectivity index (χ4v) is 2.42. The van der Waals surface area contributed by atoms with Crippen molar-refractivity contribution >= 4 is 57.4 Å². The van der Waals surface area contributed by atoms with Gasteiger partial charge in [0, 0.05) is 9.26 Å². The summed E-state index contributed by atoms with van der Waals surface area (Å²) in [6, 6.07) is 5.78. The van der Waals surface area contributed by atoms with E-state index in [0.29, 0.717) is 6.42 Å². The maximum Gasteiger partial charge on any atom is 0.230 e. The van der Waals surface area contributed by atoms with Crippen LogP contribution in [0.15, 0.2) is 18.2 Å². The van der Waals surface area contributed by atoms with E-state index in [-0.39, 0.29) is 11.8 Å². The van der Waals surface area contributed by atoms with Crippen molar-refractivity contribution in [3.8, 4) is 0 Å². The third-order valence-electron chi connectivity index (χ3n) is 2.58. The Morgan fingerprint density at radius 2 is 2.19 bits per heavy atom. The highest BCUT2D eigenvalue weighted by Gasteiger charge is 2.56. The lowest BCUT2D eigenvalue weighted by atomic mass is 10.2. The number of carbonyl (C=O) groups excluding carboxylic acids is 1. The topological polar surface area (TPSA) is 29.1 Å². The molecule has 2 rings (SSSR count). The van der Waals surface area contributed by atoms with Crippen LogP contribution in [0.2, 0.25) is 0 Å². The Labute approximate surface area is 118 Å². The molecule has 0 saturated heterocycles. The molecule has 2 nitrogen and oxygen atoms in total. The molecule has 1 atom stereocenters. The van der Waals surface area contributed by atoms with Gasteiger partial charge in [0.05, 0.1) is 5.92 Å². The molecule has 1 aromatic rings. The van der Waals surface area contributed by atoms with Crippen molar-refractivity contribution in [1.82, 2.24) is 0 Å². The number of nitrogens with one attached hydrogen (secondary N) is 1. The summed E-state index contributed by atoms with van der Waals surface area (Å²) >= 11 is 13.9.